The van der Waals surface area contributed by atoms with Crippen molar-refractivity contribution in [2.45, 2.75) is 36.8 Å². The molecule has 0 saturated carbocycles. The zero-order valence-electron chi connectivity index (χ0n) is 14.1. The van der Waals surface area contributed by atoms with Gasteiger partial charge in [0.2, 0.25) is 0 Å². The minimum absolute atomic E-state index is 0.403. The number of hydrogen-bond donors (Lipinski definition) is 0. The molecule has 1 aliphatic rings. The molecular formula is C20H23NO2S. The lowest BCUT2D eigenvalue weighted by Gasteiger charge is -2.38. The van der Waals surface area contributed by atoms with Crippen LogP contribution in [-0.4, -0.2) is 26.4 Å². The van der Waals surface area contributed by atoms with E-state index < -0.39 is 20.5 Å². The van der Waals surface area contributed by atoms with Gasteiger partial charge in [-0.05, 0) is 31.0 Å². The maximum absolute atomic E-state index is 13.2. The van der Waals surface area contributed by atoms with Crippen molar-refractivity contribution < 1.29 is 8.42 Å². The van der Waals surface area contributed by atoms with Gasteiger partial charge in [-0.2, -0.15) is 0 Å². The van der Waals surface area contributed by atoms with Crippen LogP contribution < -0.4 is 0 Å². The molecular weight excluding hydrogens is 318 g/mol. The summed E-state index contributed by atoms with van der Waals surface area (Å²) in [5.41, 5.74) is 1.81. The fourth-order valence-electron chi connectivity index (χ4n) is 3.46. The van der Waals surface area contributed by atoms with Crippen molar-refractivity contribution in [3.05, 3.63) is 65.7 Å². The molecule has 0 radical (unpaired) electrons. The standard InChI is InChI=1S/C20H23NO2S/c1-16-8-10-18(11-9-16)24(22,23)19-12-13-21-15-20(19,2)14-17-6-4-3-5-7-17/h3-11,13,19H,12,14-15H2,1-2H3/t19?,20-/m1/s1. The van der Waals surface area contributed by atoms with Crippen LogP contribution in [0.2, 0.25) is 0 Å². The molecule has 0 amide bonds. The van der Waals surface area contributed by atoms with Gasteiger partial charge >= 0.3 is 0 Å². The summed E-state index contributed by atoms with van der Waals surface area (Å²) in [7, 11) is -3.40. The van der Waals surface area contributed by atoms with Gasteiger partial charge in [-0.15, -0.1) is 0 Å². The van der Waals surface area contributed by atoms with Crippen LogP contribution in [0.4, 0.5) is 0 Å². The SMILES string of the molecule is Cc1ccc(S(=O)(=O)C2CC=NC[C@@]2(C)Cc2ccccc2)cc1. The number of rotatable bonds is 4. The fourth-order valence-corrected chi connectivity index (χ4v) is 5.55. The Bertz CT molecular complexity index is 826. The highest BCUT2D eigenvalue weighted by Crippen LogP contribution is 2.38. The summed E-state index contributed by atoms with van der Waals surface area (Å²) in [5, 5.41) is -0.453. The second-order valence-electron chi connectivity index (χ2n) is 6.92. The third kappa shape index (κ3) is 3.29. The highest BCUT2D eigenvalue weighted by atomic mass is 32.2. The summed E-state index contributed by atoms with van der Waals surface area (Å²) >= 11 is 0. The van der Waals surface area contributed by atoms with Crippen LogP contribution >= 0.6 is 0 Å². The van der Waals surface area contributed by atoms with Gasteiger partial charge in [-0.25, -0.2) is 8.42 Å². The number of aryl methyl sites for hydroxylation is 1. The van der Waals surface area contributed by atoms with Gasteiger partial charge in [0.1, 0.15) is 0 Å². The molecule has 1 heterocycles. The van der Waals surface area contributed by atoms with E-state index in [1.165, 1.54) is 0 Å². The highest BCUT2D eigenvalue weighted by molar-refractivity contribution is 7.92. The van der Waals surface area contributed by atoms with Crippen LogP contribution in [0, 0.1) is 12.3 Å². The van der Waals surface area contributed by atoms with Crippen LogP contribution in [0.1, 0.15) is 24.5 Å². The third-order valence-electron chi connectivity index (χ3n) is 4.85. The zero-order chi connectivity index (χ0) is 17.2. The molecule has 3 rings (SSSR count). The van der Waals surface area contributed by atoms with E-state index in [-0.39, 0.29) is 0 Å². The summed E-state index contributed by atoms with van der Waals surface area (Å²) in [6, 6.07) is 17.2. The van der Waals surface area contributed by atoms with Crippen molar-refractivity contribution in [3.8, 4) is 0 Å². The van der Waals surface area contributed by atoms with Gasteiger partial charge in [0.05, 0.1) is 10.1 Å². The number of nitrogens with zero attached hydrogens (tertiary/aromatic N) is 1. The molecule has 0 fully saturated rings. The van der Waals surface area contributed by atoms with Gasteiger partial charge in [0.25, 0.3) is 0 Å². The lowest BCUT2D eigenvalue weighted by molar-refractivity contribution is 0.305. The van der Waals surface area contributed by atoms with E-state index in [1.54, 1.807) is 18.3 Å². The Hall–Kier alpha value is -1.94. The molecule has 1 unspecified atom stereocenters. The van der Waals surface area contributed by atoms with Crippen LogP contribution in [0.3, 0.4) is 0 Å². The number of aliphatic imine (C=N–C) groups is 1. The summed E-state index contributed by atoms with van der Waals surface area (Å²) < 4.78 is 26.5. The Labute approximate surface area is 144 Å². The first-order chi connectivity index (χ1) is 11.4. The zero-order valence-corrected chi connectivity index (χ0v) is 15.0. The quantitative estimate of drug-likeness (QED) is 0.848. The topological polar surface area (TPSA) is 46.5 Å². The Kier molecular flexibility index (Phi) is 4.59. The molecule has 0 bridgehead atoms. The van der Waals surface area contributed by atoms with Gasteiger partial charge in [0, 0.05) is 24.6 Å². The Balaban J connectivity index is 1.97. The Morgan fingerprint density at radius 1 is 1.08 bits per heavy atom. The molecule has 0 aliphatic carbocycles. The lowest BCUT2D eigenvalue weighted by Crippen LogP contribution is -2.45. The van der Waals surface area contributed by atoms with E-state index in [2.05, 4.69) is 17.1 Å². The van der Waals surface area contributed by atoms with Crippen LogP contribution in [0.5, 0.6) is 0 Å². The summed E-state index contributed by atoms with van der Waals surface area (Å²) in [6.07, 6.45) is 2.95. The first-order valence-electron chi connectivity index (χ1n) is 8.25. The van der Waals surface area contributed by atoms with Gasteiger partial charge in [-0.1, -0.05) is 55.0 Å². The molecule has 2 atom stereocenters. The Morgan fingerprint density at radius 2 is 1.75 bits per heavy atom. The minimum Gasteiger partial charge on any atom is -0.297 e. The van der Waals surface area contributed by atoms with E-state index in [9.17, 15) is 8.42 Å². The van der Waals surface area contributed by atoms with Gasteiger partial charge < -0.3 is 0 Å². The molecule has 0 saturated heterocycles. The van der Waals surface area contributed by atoms with Crippen molar-refractivity contribution in [2.24, 2.45) is 10.4 Å². The average Bonchev–Trinajstić information content (AvgIpc) is 2.56. The first kappa shape index (κ1) is 16.9. The molecule has 0 aromatic heterocycles. The van der Waals surface area contributed by atoms with Crippen LogP contribution in [0.15, 0.2) is 64.5 Å². The molecule has 4 heteroatoms. The predicted molar refractivity (Wildman–Crippen MR) is 98.4 cm³/mol. The molecule has 0 N–H and O–H groups in total. The number of benzene rings is 2. The van der Waals surface area contributed by atoms with Crippen LogP contribution in [0.25, 0.3) is 0 Å². The number of hydrogen-bond acceptors (Lipinski definition) is 3. The monoisotopic (exact) mass is 341 g/mol. The fraction of sp³-hybridized carbons (Fsp3) is 0.350. The minimum atomic E-state index is -3.40. The van der Waals surface area contributed by atoms with E-state index >= 15 is 0 Å². The van der Waals surface area contributed by atoms with Crippen molar-refractivity contribution >= 4 is 16.1 Å². The van der Waals surface area contributed by atoms with Crippen molar-refractivity contribution in [1.82, 2.24) is 0 Å². The van der Waals surface area contributed by atoms with E-state index in [0.717, 1.165) is 11.1 Å². The lowest BCUT2D eigenvalue weighted by atomic mass is 9.78. The normalized spacial score (nSPS) is 24.0. The van der Waals surface area contributed by atoms with Gasteiger partial charge in [-0.3, -0.25) is 4.99 Å². The Morgan fingerprint density at radius 3 is 2.42 bits per heavy atom. The second kappa shape index (κ2) is 6.52. The van der Waals surface area contributed by atoms with E-state index in [4.69, 9.17) is 0 Å². The largest absolute Gasteiger partial charge is 0.297 e. The molecule has 2 aromatic rings. The van der Waals surface area contributed by atoms with Gasteiger partial charge in [0.15, 0.2) is 9.84 Å². The summed E-state index contributed by atoms with van der Waals surface area (Å²) in [6.45, 7) is 4.55. The molecule has 126 valence electrons. The third-order valence-corrected chi connectivity index (χ3v) is 7.29. The van der Waals surface area contributed by atoms with Crippen molar-refractivity contribution in [2.75, 3.05) is 6.54 Å². The number of sulfone groups is 1. The van der Waals surface area contributed by atoms with Crippen LogP contribution in [-0.2, 0) is 16.3 Å². The van der Waals surface area contributed by atoms with E-state index in [1.807, 2.05) is 44.2 Å². The first-order valence-corrected chi connectivity index (χ1v) is 9.79. The predicted octanol–water partition coefficient (Wildman–Crippen LogP) is 3.86. The maximum atomic E-state index is 13.2. The smallest absolute Gasteiger partial charge is 0.182 e. The average molecular weight is 341 g/mol. The summed E-state index contributed by atoms with van der Waals surface area (Å²) in [5.74, 6) is 0. The molecule has 2 aromatic carbocycles. The van der Waals surface area contributed by atoms with E-state index in [0.29, 0.717) is 24.3 Å². The highest BCUT2D eigenvalue weighted by Gasteiger charge is 2.44. The second-order valence-corrected chi connectivity index (χ2v) is 9.05. The van der Waals surface area contributed by atoms with Crippen molar-refractivity contribution in [3.63, 3.8) is 0 Å². The van der Waals surface area contributed by atoms with Crippen molar-refractivity contribution in [1.29, 1.82) is 0 Å². The molecule has 0 spiro atoms. The molecule has 24 heavy (non-hydrogen) atoms. The molecule has 3 nitrogen and oxygen atoms in total. The maximum Gasteiger partial charge on any atom is 0.182 e. The molecule has 1 aliphatic heterocycles. The summed E-state index contributed by atoms with van der Waals surface area (Å²) in [4.78, 5) is 4.82.